The summed E-state index contributed by atoms with van der Waals surface area (Å²) in [6.07, 6.45) is 0.929. The van der Waals surface area contributed by atoms with Gasteiger partial charge in [-0.1, -0.05) is 50.6 Å². The van der Waals surface area contributed by atoms with Crippen molar-refractivity contribution in [1.82, 2.24) is 15.1 Å². The smallest absolute Gasteiger partial charge is 0.237 e. The molecule has 0 aromatic heterocycles. The summed E-state index contributed by atoms with van der Waals surface area (Å²) >= 11 is 0. The summed E-state index contributed by atoms with van der Waals surface area (Å²) in [6, 6.07) is 10.2. The average Bonchev–Trinajstić information content (AvgIpc) is 2.62. The average molecular weight is 332 g/mol. The van der Waals surface area contributed by atoms with Crippen LogP contribution in [0.5, 0.6) is 0 Å². The van der Waals surface area contributed by atoms with Crippen LogP contribution >= 0.6 is 0 Å². The molecule has 1 fully saturated rings. The van der Waals surface area contributed by atoms with E-state index in [-0.39, 0.29) is 11.8 Å². The van der Waals surface area contributed by atoms with Gasteiger partial charge in [-0.25, -0.2) is 0 Å². The van der Waals surface area contributed by atoms with E-state index in [0.29, 0.717) is 6.54 Å². The summed E-state index contributed by atoms with van der Waals surface area (Å²) in [5.74, 6) is 0.207. The van der Waals surface area contributed by atoms with Crippen molar-refractivity contribution in [2.75, 3.05) is 39.3 Å². The molecular weight excluding hydrogens is 300 g/mol. The number of nitrogens with two attached hydrogens (primary N) is 1. The molecule has 2 unspecified atom stereocenters. The lowest BCUT2D eigenvalue weighted by Crippen LogP contribution is -2.50. The van der Waals surface area contributed by atoms with Crippen LogP contribution in [0.1, 0.15) is 25.8 Å². The minimum atomic E-state index is -0.391. The molecule has 1 heterocycles. The van der Waals surface area contributed by atoms with Crippen molar-refractivity contribution >= 4 is 5.91 Å². The second-order valence-corrected chi connectivity index (χ2v) is 6.81. The fourth-order valence-corrected chi connectivity index (χ4v) is 2.98. The van der Waals surface area contributed by atoms with Gasteiger partial charge in [-0.3, -0.25) is 14.6 Å². The lowest BCUT2D eigenvalue weighted by atomic mass is 9.99. The van der Waals surface area contributed by atoms with Crippen molar-refractivity contribution in [3.05, 3.63) is 35.9 Å². The molecule has 5 heteroatoms. The third-order valence-electron chi connectivity index (χ3n) is 5.00. The molecule has 3 N–H and O–H groups in total. The largest absolute Gasteiger partial charge is 0.353 e. The summed E-state index contributed by atoms with van der Waals surface area (Å²) in [5.41, 5.74) is 7.32. The molecule has 1 aromatic rings. The lowest BCUT2D eigenvalue weighted by molar-refractivity contribution is -0.123. The molecule has 0 saturated carbocycles. The summed E-state index contributed by atoms with van der Waals surface area (Å²) in [7, 11) is 0. The third-order valence-corrected chi connectivity index (χ3v) is 5.00. The number of carbonyl (C=O) groups is 1. The van der Waals surface area contributed by atoms with Crippen LogP contribution in [-0.4, -0.2) is 61.0 Å². The second-order valence-electron chi connectivity index (χ2n) is 6.81. The van der Waals surface area contributed by atoms with Crippen LogP contribution in [0, 0.1) is 5.92 Å². The Labute approximate surface area is 146 Å². The molecule has 1 saturated heterocycles. The zero-order valence-corrected chi connectivity index (χ0v) is 15.1. The first-order valence-electron chi connectivity index (χ1n) is 9.12. The van der Waals surface area contributed by atoms with Crippen molar-refractivity contribution in [3.63, 3.8) is 0 Å². The number of nitrogens with zero attached hydrogens (tertiary/aromatic N) is 2. The highest BCUT2D eigenvalue weighted by Gasteiger charge is 2.20. The van der Waals surface area contributed by atoms with E-state index in [1.165, 1.54) is 5.56 Å². The summed E-state index contributed by atoms with van der Waals surface area (Å²) in [5, 5.41) is 2.98. The molecule has 2 rings (SSSR count). The Kier molecular flexibility index (Phi) is 7.69. The van der Waals surface area contributed by atoms with Gasteiger partial charge in [-0.05, 0) is 11.5 Å². The maximum atomic E-state index is 12.0. The van der Waals surface area contributed by atoms with E-state index in [1.807, 2.05) is 6.92 Å². The van der Waals surface area contributed by atoms with Gasteiger partial charge >= 0.3 is 0 Å². The third kappa shape index (κ3) is 5.89. The van der Waals surface area contributed by atoms with E-state index in [9.17, 15) is 4.79 Å². The predicted octanol–water partition coefficient (Wildman–Crippen LogP) is 1.29. The molecule has 1 aliphatic heterocycles. The molecule has 1 aliphatic rings. The molecule has 0 aliphatic carbocycles. The second kappa shape index (κ2) is 9.77. The van der Waals surface area contributed by atoms with Crippen molar-refractivity contribution in [3.8, 4) is 0 Å². The Morgan fingerprint density at radius 3 is 2.42 bits per heavy atom. The van der Waals surface area contributed by atoms with Crippen LogP contribution in [0.4, 0.5) is 0 Å². The Morgan fingerprint density at radius 2 is 1.79 bits per heavy atom. The molecule has 0 bridgehead atoms. The first-order chi connectivity index (χ1) is 11.6. The molecule has 0 radical (unpaired) electrons. The van der Waals surface area contributed by atoms with E-state index in [0.717, 1.165) is 45.7 Å². The number of hydrogen-bond donors (Lipinski definition) is 2. The SMILES string of the molecule is CCC(C)C(N)C(=O)NCCN1CCN(Cc2ccccc2)CC1. The highest BCUT2D eigenvalue weighted by atomic mass is 16.2. The van der Waals surface area contributed by atoms with Crippen molar-refractivity contribution in [2.45, 2.75) is 32.9 Å². The first kappa shape index (κ1) is 18.9. The molecule has 1 aromatic carbocycles. The number of carbonyl (C=O) groups excluding carboxylic acids is 1. The highest BCUT2D eigenvalue weighted by Crippen LogP contribution is 2.08. The fourth-order valence-electron chi connectivity index (χ4n) is 2.98. The molecule has 134 valence electrons. The summed E-state index contributed by atoms with van der Waals surface area (Å²) < 4.78 is 0. The molecule has 1 amide bonds. The van der Waals surface area contributed by atoms with Gasteiger partial charge in [0.05, 0.1) is 6.04 Å². The minimum absolute atomic E-state index is 0.0212. The van der Waals surface area contributed by atoms with Crippen molar-refractivity contribution in [1.29, 1.82) is 0 Å². The zero-order chi connectivity index (χ0) is 17.4. The van der Waals surface area contributed by atoms with Gasteiger partial charge in [0.1, 0.15) is 0 Å². The Morgan fingerprint density at radius 1 is 1.17 bits per heavy atom. The molecule has 0 spiro atoms. The van der Waals surface area contributed by atoms with Gasteiger partial charge in [0, 0.05) is 45.8 Å². The van der Waals surface area contributed by atoms with Crippen molar-refractivity contribution < 1.29 is 4.79 Å². The Hall–Kier alpha value is -1.43. The van der Waals surface area contributed by atoms with E-state index < -0.39 is 6.04 Å². The van der Waals surface area contributed by atoms with Crippen LogP contribution in [0.25, 0.3) is 0 Å². The number of rotatable bonds is 8. The number of hydrogen-bond acceptors (Lipinski definition) is 4. The van der Waals surface area contributed by atoms with Gasteiger partial charge in [0.2, 0.25) is 5.91 Å². The van der Waals surface area contributed by atoms with Crippen LogP contribution in [0.2, 0.25) is 0 Å². The van der Waals surface area contributed by atoms with Crippen LogP contribution in [0.3, 0.4) is 0 Å². The van der Waals surface area contributed by atoms with Crippen LogP contribution in [0.15, 0.2) is 30.3 Å². The van der Waals surface area contributed by atoms with Crippen LogP contribution in [-0.2, 0) is 11.3 Å². The van der Waals surface area contributed by atoms with E-state index >= 15 is 0 Å². The first-order valence-corrected chi connectivity index (χ1v) is 9.12. The standard InChI is InChI=1S/C19H32N4O/c1-3-16(2)18(20)19(24)21-9-10-22-11-13-23(14-12-22)15-17-7-5-4-6-8-17/h4-8,16,18H,3,9-15,20H2,1-2H3,(H,21,24). The van der Waals surface area contributed by atoms with E-state index in [1.54, 1.807) is 0 Å². The maximum absolute atomic E-state index is 12.0. The number of benzene rings is 1. The minimum Gasteiger partial charge on any atom is -0.353 e. The number of nitrogens with one attached hydrogen (secondary N) is 1. The van der Waals surface area contributed by atoms with Gasteiger partial charge < -0.3 is 11.1 Å². The number of amides is 1. The van der Waals surface area contributed by atoms with Crippen molar-refractivity contribution in [2.24, 2.45) is 11.7 Å². The lowest BCUT2D eigenvalue weighted by Gasteiger charge is -2.34. The zero-order valence-electron chi connectivity index (χ0n) is 15.1. The van der Waals surface area contributed by atoms with Gasteiger partial charge in [-0.2, -0.15) is 0 Å². The molecular formula is C19H32N4O. The van der Waals surface area contributed by atoms with E-state index in [4.69, 9.17) is 5.73 Å². The summed E-state index contributed by atoms with van der Waals surface area (Å²) in [4.78, 5) is 16.9. The normalized spacial score (nSPS) is 19.0. The van der Waals surface area contributed by atoms with E-state index in [2.05, 4.69) is 52.4 Å². The highest BCUT2D eigenvalue weighted by molar-refractivity contribution is 5.81. The van der Waals surface area contributed by atoms with Gasteiger partial charge in [-0.15, -0.1) is 0 Å². The Balaban J connectivity index is 1.62. The molecule has 24 heavy (non-hydrogen) atoms. The number of piperazine rings is 1. The van der Waals surface area contributed by atoms with Crippen LogP contribution < -0.4 is 11.1 Å². The predicted molar refractivity (Wildman–Crippen MR) is 98.6 cm³/mol. The fraction of sp³-hybridized carbons (Fsp3) is 0.632. The maximum Gasteiger partial charge on any atom is 0.237 e. The Bertz CT molecular complexity index is 485. The topological polar surface area (TPSA) is 61.6 Å². The molecule has 2 atom stereocenters. The summed E-state index contributed by atoms with van der Waals surface area (Å²) in [6.45, 7) is 11.0. The molecule has 5 nitrogen and oxygen atoms in total. The quantitative estimate of drug-likeness (QED) is 0.753. The van der Waals surface area contributed by atoms with Gasteiger partial charge in [0.25, 0.3) is 0 Å². The monoisotopic (exact) mass is 332 g/mol. The van der Waals surface area contributed by atoms with Gasteiger partial charge in [0.15, 0.2) is 0 Å².